The first-order valence-corrected chi connectivity index (χ1v) is 9.63. The van der Waals surface area contributed by atoms with Crippen LogP contribution >= 0.6 is 11.3 Å². The molecule has 3 aromatic rings. The Kier molecular flexibility index (Phi) is 4.70. The maximum atomic E-state index is 12.2. The van der Waals surface area contributed by atoms with Gasteiger partial charge in [-0.1, -0.05) is 18.2 Å². The SMILES string of the molecule is O=c1cc(CN2CCC(C(O)c3cccs3)CC2)[nH]c2ccccc12. The van der Waals surface area contributed by atoms with Gasteiger partial charge in [0.25, 0.3) is 0 Å². The molecule has 0 amide bonds. The number of likely N-dealkylation sites (tertiary alicyclic amines) is 1. The number of aliphatic hydroxyl groups excluding tert-OH is 1. The number of rotatable bonds is 4. The van der Waals surface area contributed by atoms with E-state index in [9.17, 15) is 9.90 Å². The molecule has 1 atom stereocenters. The summed E-state index contributed by atoms with van der Waals surface area (Å²) in [6.45, 7) is 2.64. The van der Waals surface area contributed by atoms with Gasteiger partial charge in [0.1, 0.15) is 0 Å². The topological polar surface area (TPSA) is 56.3 Å². The Morgan fingerprint density at radius 1 is 1.20 bits per heavy atom. The fourth-order valence-corrected chi connectivity index (χ4v) is 4.50. The lowest BCUT2D eigenvalue weighted by molar-refractivity contribution is 0.0587. The maximum Gasteiger partial charge on any atom is 0.189 e. The molecular weight excluding hydrogens is 332 g/mol. The van der Waals surface area contributed by atoms with Gasteiger partial charge < -0.3 is 10.1 Å². The van der Waals surface area contributed by atoms with Crippen molar-refractivity contribution >= 4 is 22.2 Å². The largest absolute Gasteiger partial charge is 0.387 e. The molecule has 0 saturated carbocycles. The highest BCUT2D eigenvalue weighted by Crippen LogP contribution is 2.33. The summed E-state index contributed by atoms with van der Waals surface area (Å²) < 4.78 is 0. The van der Waals surface area contributed by atoms with Gasteiger partial charge in [0, 0.05) is 34.1 Å². The number of aliphatic hydroxyl groups is 1. The highest BCUT2D eigenvalue weighted by Gasteiger charge is 2.26. The summed E-state index contributed by atoms with van der Waals surface area (Å²) in [6.07, 6.45) is 1.62. The molecule has 1 aromatic carbocycles. The van der Waals surface area contributed by atoms with E-state index in [2.05, 4.69) is 9.88 Å². The van der Waals surface area contributed by atoms with Gasteiger partial charge in [-0.15, -0.1) is 11.3 Å². The number of hydrogen-bond donors (Lipinski definition) is 2. The minimum absolute atomic E-state index is 0.0763. The lowest BCUT2D eigenvalue weighted by Gasteiger charge is -2.33. The first-order valence-electron chi connectivity index (χ1n) is 8.75. The molecule has 1 aliphatic rings. The summed E-state index contributed by atoms with van der Waals surface area (Å²) in [5.74, 6) is 0.325. The van der Waals surface area contributed by atoms with E-state index >= 15 is 0 Å². The standard InChI is InChI=1S/C20H22N2O2S/c23-18-12-15(21-17-5-2-1-4-16(17)18)13-22-9-7-14(8-10-22)20(24)19-6-3-11-25-19/h1-6,11-12,14,20,24H,7-10,13H2,(H,21,23). The fourth-order valence-electron chi connectivity index (χ4n) is 3.70. The van der Waals surface area contributed by atoms with Crippen LogP contribution in [0.2, 0.25) is 0 Å². The summed E-state index contributed by atoms with van der Waals surface area (Å²) in [4.78, 5) is 19.1. The van der Waals surface area contributed by atoms with E-state index in [0.29, 0.717) is 5.92 Å². The van der Waals surface area contributed by atoms with Gasteiger partial charge in [0.15, 0.2) is 5.43 Å². The first kappa shape index (κ1) is 16.5. The van der Waals surface area contributed by atoms with Crippen molar-refractivity contribution in [2.24, 2.45) is 5.92 Å². The van der Waals surface area contributed by atoms with Crippen molar-refractivity contribution < 1.29 is 5.11 Å². The lowest BCUT2D eigenvalue weighted by Crippen LogP contribution is -2.35. The highest BCUT2D eigenvalue weighted by atomic mass is 32.1. The van der Waals surface area contributed by atoms with Crippen LogP contribution in [0.4, 0.5) is 0 Å². The third-order valence-electron chi connectivity index (χ3n) is 5.10. The van der Waals surface area contributed by atoms with Gasteiger partial charge >= 0.3 is 0 Å². The monoisotopic (exact) mass is 354 g/mol. The predicted octanol–water partition coefficient (Wildman–Crippen LogP) is 3.54. The van der Waals surface area contributed by atoms with Gasteiger partial charge in [-0.05, 0) is 55.4 Å². The Labute approximate surface area is 150 Å². The summed E-state index contributed by atoms with van der Waals surface area (Å²) in [6, 6.07) is 13.4. The van der Waals surface area contributed by atoms with Crippen LogP contribution in [0.1, 0.15) is 29.5 Å². The van der Waals surface area contributed by atoms with Crippen LogP contribution in [0.3, 0.4) is 0 Å². The predicted molar refractivity (Wildman–Crippen MR) is 102 cm³/mol. The molecule has 0 bridgehead atoms. The number of piperidine rings is 1. The van der Waals surface area contributed by atoms with E-state index < -0.39 is 0 Å². The molecule has 25 heavy (non-hydrogen) atoms. The van der Waals surface area contributed by atoms with Crippen LogP contribution in [0.25, 0.3) is 10.9 Å². The minimum Gasteiger partial charge on any atom is -0.387 e. The van der Waals surface area contributed by atoms with Crippen LogP contribution < -0.4 is 5.43 Å². The van der Waals surface area contributed by atoms with Crippen molar-refractivity contribution in [3.05, 3.63) is 68.6 Å². The average Bonchev–Trinajstić information content (AvgIpc) is 3.16. The molecule has 0 spiro atoms. The number of pyridine rings is 1. The smallest absolute Gasteiger partial charge is 0.189 e. The number of aromatic nitrogens is 1. The number of fused-ring (bicyclic) bond motifs is 1. The number of thiophene rings is 1. The van der Waals surface area contributed by atoms with Crippen LogP contribution in [0, 0.1) is 5.92 Å². The first-order chi connectivity index (χ1) is 12.2. The Balaban J connectivity index is 1.41. The molecule has 1 fully saturated rings. The highest BCUT2D eigenvalue weighted by molar-refractivity contribution is 7.10. The summed E-state index contributed by atoms with van der Waals surface area (Å²) in [7, 11) is 0. The minimum atomic E-state index is -0.345. The molecule has 4 rings (SSSR count). The fraction of sp³-hybridized carbons (Fsp3) is 0.350. The molecule has 2 N–H and O–H groups in total. The molecule has 130 valence electrons. The van der Waals surface area contributed by atoms with E-state index in [1.807, 2.05) is 41.8 Å². The van der Waals surface area contributed by atoms with Gasteiger partial charge in [-0.25, -0.2) is 0 Å². The Hall–Kier alpha value is -1.95. The van der Waals surface area contributed by atoms with Crippen molar-refractivity contribution in [1.82, 2.24) is 9.88 Å². The summed E-state index contributed by atoms with van der Waals surface area (Å²) in [5, 5.41) is 13.3. The van der Waals surface area contributed by atoms with Crippen LogP contribution in [-0.4, -0.2) is 28.1 Å². The average molecular weight is 354 g/mol. The second-order valence-corrected chi connectivity index (χ2v) is 7.76. The molecule has 0 aliphatic carbocycles. The molecule has 3 heterocycles. The van der Waals surface area contributed by atoms with Gasteiger partial charge in [-0.3, -0.25) is 9.69 Å². The van der Waals surface area contributed by atoms with E-state index in [0.717, 1.165) is 53.9 Å². The van der Waals surface area contributed by atoms with Crippen molar-refractivity contribution in [2.45, 2.75) is 25.5 Å². The Morgan fingerprint density at radius 3 is 2.76 bits per heavy atom. The molecule has 1 unspecified atom stereocenters. The van der Waals surface area contributed by atoms with Crippen molar-refractivity contribution in [3.63, 3.8) is 0 Å². The van der Waals surface area contributed by atoms with Gasteiger partial charge in [-0.2, -0.15) is 0 Å². The van der Waals surface area contributed by atoms with E-state index in [4.69, 9.17) is 0 Å². The normalized spacial score (nSPS) is 17.8. The Bertz CT molecular complexity index is 895. The zero-order valence-electron chi connectivity index (χ0n) is 14.0. The summed E-state index contributed by atoms with van der Waals surface area (Å²) in [5.41, 5.74) is 1.93. The zero-order chi connectivity index (χ0) is 17.2. The van der Waals surface area contributed by atoms with Crippen LogP contribution in [-0.2, 0) is 6.54 Å². The number of H-pyrrole nitrogens is 1. The Morgan fingerprint density at radius 2 is 2.00 bits per heavy atom. The third-order valence-corrected chi connectivity index (χ3v) is 6.04. The summed E-state index contributed by atoms with van der Waals surface area (Å²) >= 11 is 1.63. The third kappa shape index (κ3) is 3.54. The van der Waals surface area contributed by atoms with E-state index in [1.165, 1.54) is 0 Å². The molecule has 0 radical (unpaired) electrons. The number of aromatic amines is 1. The van der Waals surface area contributed by atoms with E-state index in [1.54, 1.807) is 17.4 Å². The van der Waals surface area contributed by atoms with Crippen LogP contribution in [0.5, 0.6) is 0 Å². The van der Waals surface area contributed by atoms with Gasteiger partial charge in [0.2, 0.25) is 0 Å². The molecule has 1 aliphatic heterocycles. The second-order valence-electron chi connectivity index (χ2n) is 6.78. The molecule has 2 aromatic heterocycles. The van der Waals surface area contributed by atoms with Gasteiger partial charge in [0.05, 0.1) is 6.10 Å². The number of nitrogens with zero attached hydrogens (tertiary/aromatic N) is 1. The quantitative estimate of drug-likeness (QED) is 0.753. The van der Waals surface area contributed by atoms with Crippen LogP contribution in [0.15, 0.2) is 52.6 Å². The lowest BCUT2D eigenvalue weighted by atomic mass is 9.90. The second kappa shape index (κ2) is 7.12. The number of nitrogens with one attached hydrogen (secondary N) is 1. The molecule has 5 heteroatoms. The molecule has 1 saturated heterocycles. The van der Waals surface area contributed by atoms with Crippen molar-refractivity contribution in [2.75, 3.05) is 13.1 Å². The maximum absolute atomic E-state index is 12.2. The van der Waals surface area contributed by atoms with E-state index in [-0.39, 0.29) is 11.5 Å². The number of hydrogen-bond acceptors (Lipinski definition) is 4. The van der Waals surface area contributed by atoms with Crippen molar-refractivity contribution in [3.8, 4) is 0 Å². The molecule has 4 nitrogen and oxygen atoms in total. The van der Waals surface area contributed by atoms with Crippen molar-refractivity contribution in [1.29, 1.82) is 0 Å². The number of benzene rings is 1. The number of para-hydroxylation sites is 1. The zero-order valence-corrected chi connectivity index (χ0v) is 14.8. The molecular formula is C20H22N2O2S.